The van der Waals surface area contributed by atoms with Crippen LogP contribution in [-0.4, -0.2) is 13.1 Å². The fourth-order valence-corrected chi connectivity index (χ4v) is 2.71. The van der Waals surface area contributed by atoms with Gasteiger partial charge in [-0.05, 0) is 69.0 Å². The monoisotopic (exact) mass is 285 g/mol. The van der Waals surface area contributed by atoms with Crippen molar-refractivity contribution in [2.45, 2.75) is 39.2 Å². The van der Waals surface area contributed by atoms with Crippen molar-refractivity contribution in [1.82, 2.24) is 5.32 Å². The number of likely N-dealkylation sites (N-methyl/N-ethyl adjacent to an activating group) is 1. The van der Waals surface area contributed by atoms with E-state index in [1.165, 1.54) is 16.7 Å². The molecule has 0 aliphatic heterocycles. The number of rotatable bonds is 6. The standard InChI is InChI=1S/C19H24FN/c1-14-5-4-6-16(11-14)7-10-19(21-3)13-17-8-9-18(20)12-15(17)2/h4-6,8-9,11-12,19,21H,7,10,13H2,1-3H3. The molecule has 0 bridgehead atoms. The minimum absolute atomic E-state index is 0.156. The van der Waals surface area contributed by atoms with Crippen LogP contribution in [0.15, 0.2) is 42.5 Å². The van der Waals surface area contributed by atoms with Crippen molar-refractivity contribution >= 4 is 0 Å². The third-order valence-corrected chi connectivity index (χ3v) is 4.04. The zero-order valence-corrected chi connectivity index (χ0v) is 13.1. The maximum Gasteiger partial charge on any atom is 0.123 e. The Morgan fingerprint density at radius 2 is 1.90 bits per heavy atom. The zero-order chi connectivity index (χ0) is 15.2. The molecular formula is C19H24FN. The molecule has 112 valence electrons. The quantitative estimate of drug-likeness (QED) is 0.838. The van der Waals surface area contributed by atoms with Crippen molar-refractivity contribution in [2.24, 2.45) is 0 Å². The highest BCUT2D eigenvalue weighted by atomic mass is 19.1. The Morgan fingerprint density at radius 1 is 1.10 bits per heavy atom. The van der Waals surface area contributed by atoms with Crippen LogP contribution in [0.4, 0.5) is 4.39 Å². The highest BCUT2D eigenvalue weighted by molar-refractivity contribution is 5.27. The highest BCUT2D eigenvalue weighted by Gasteiger charge is 2.10. The second kappa shape index (κ2) is 7.37. The molecule has 0 fully saturated rings. The first-order valence-corrected chi connectivity index (χ1v) is 7.56. The van der Waals surface area contributed by atoms with E-state index in [-0.39, 0.29) is 5.82 Å². The molecule has 2 rings (SSSR count). The summed E-state index contributed by atoms with van der Waals surface area (Å²) < 4.78 is 13.2. The van der Waals surface area contributed by atoms with Crippen LogP contribution in [-0.2, 0) is 12.8 Å². The number of hydrogen-bond acceptors (Lipinski definition) is 1. The predicted molar refractivity (Wildman–Crippen MR) is 87.2 cm³/mol. The Labute approximate surface area is 127 Å². The lowest BCUT2D eigenvalue weighted by Crippen LogP contribution is -2.28. The van der Waals surface area contributed by atoms with E-state index in [1.807, 2.05) is 20.0 Å². The molecule has 0 heterocycles. The van der Waals surface area contributed by atoms with Crippen LogP contribution in [0.5, 0.6) is 0 Å². The molecule has 2 aromatic rings. The number of hydrogen-bond donors (Lipinski definition) is 1. The first-order chi connectivity index (χ1) is 10.1. The van der Waals surface area contributed by atoms with Gasteiger partial charge in [0.2, 0.25) is 0 Å². The van der Waals surface area contributed by atoms with Gasteiger partial charge in [-0.3, -0.25) is 0 Å². The lowest BCUT2D eigenvalue weighted by molar-refractivity contribution is 0.518. The molecule has 21 heavy (non-hydrogen) atoms. The van der Waals surface area contributed by atoms with E-state index >= 15 is 0 Å². The van der Waals surface area contributed by atoms with Crippen LogP contribution in [0.3, 0.4) is 0 Å². The van der Waals surface area contributed by atoms with E-state index in [1.54, 1.807) is 12.1 Å². The van der Waals surface area contributed by atoms with Gasteiger partial charge in [-0.1, -0.05) is 35.9 Å². The Morgan fingerprint density at radius 3 is 2.57 bits per heavy atom. The van der Waals surface area contributed by atoms with Crippen molar-refractivity contribution in [3.63, 3.8) is 0 Å². The molecule has 2 aromatic carbocycles. The van der Waals surface area contributed by atoms with Crippen LogP contribution in [0.1, 0.15) is 28.7 Å². The predicted octanol–water partition coefficient (Wildman–Crippen LogP) is 4.21. The Bertz CT molecular complexity index is 592. The van der Waals surface area contributed by atoms with E-state index < -0.39 is 0 Å². The lowest BCUT2D eigenvalue weighted by atomic mass is 9.96. The Kier molecular flexibility index (Phi) is 5.51. The SMILES string of the molecule is CNC(CCc1cccc(C)c1)Cc1ccc(F)cc1C. The summed E-state index contributed by atoms with van der Waals surface area (Å²) in [5.41, 5.74) is 4.94. The number of nitrogens with one attached hydrogen (secondary N) is 1. The van der Waals surface area contributed by atoms with Crippen LogP contribution < -0.4 is 5.32 Å². The molecule has 0 aliphatic carbocycles. The summed E-state index contributed by atoms with van der Waals surface area (Å²) in [4.78, 5) is 0. The van der Waals surface area contributed by atoms with Crippen LogP contribution in [0.2, 0.25) is 0 Å². The van der Waals surface area contributed by atoms with E-state index in [0.717, 1.165) is 24.8 Å². The van der Waals surface area contributed by atoms with Crippen molar-refractivity contribution < 1.29 is 4.39 Å². The second-order valence-electron chi connectivity index (χ2n) is 5.79. The molecule has 0 amide bonds. The molecular weight excluding hydrogens is 261 g/mol. The van der Waals surface area contributed by atoms with Gasteiger partial charge in [0.25, 0.3) is 0 Å². The molecule has 0 saturated heterocycles. The van der Waals surface area contributed by atoms with Gasteiger partial charge < -0.3 is 5.32 Å². The lowest BCUT2D eigenvalue weighted by Gasteiger charge is -2.18. The van der Waals surface area contributed by atoms with E-state index in [4.69, 9.17) is 0 Å². The second-order valence-corrected chi connectivity index (χ2v) is 5.79. The van der Waals surface area contributed by atoms with Gasteiger partial charge in [0.1, 0.15) is 5.82 Å². The molecule has 0 spiro atoms. The van der Waals surface area contributed by atoms with Gasteiger partial charge in [0.05, 0.1) is 0 Å². The van der Waals surface area contributed by atoms with Gasteiger partial charge in [-0.2, -0.15) is 0 Å². The normalized spacial score (nSPS) is 12.4. The Hall–Kier alpha value is -1.67. The minimum Gasteiger partial charge on any atom is -0.317 e. The average Bonchev–Trinajstić information content (AvgIpc) is 2.45. The number of halogens is 1. The molecule has 1 N–H and O–H groups in total. The van der Waals surface area contributed by atoms with E-state index in [0.29, 0.717) is 6.04 Å². The molecule has 1 unspecified atom stereocenters. The molecule has 0 aromatic heterocycles. The summed E-state index contributed by atoms with van der Waals surface area (Å²) in [5.74, 6) is -0.156. The van der Waals surface area contributed by atoms with Crippen molar-refractivity contribution in [3.8, 4) is 0 Å². The van der Waals surface area contributed by atoms with Gasteiger partial charge >= 0.3 is 0 Å². The zero-order valence-electron chi connectivity index (χ0n) is 13.1. The topological polar surface area (TPSA) is 12.0 Å². The van der Waals surface area contributed by atoms with Crippen LogP contribution in [0.25, 0.3) is 0 Å². The smallest absolute Gasteiger partial charge is 0.123 e. The maximum absolute atomic E-state index is 13.2. The van der Waals surface area contributed by atoms with Gasteiger partial charge in [-0.15, -0.1) is 0 Å². The summed E-state index contributed by atoms with van der Waals surface area (Å²) in [6.07, 6.45) is 3.08. The number of benzene rings is 2. The first-order valence-electron chi connectivity index (χ1n) is 7.56. The van der Waals surface area contributed by atoms with Crippen molar-refractivity contribution in [1.29, 1.82) is 0 Å². The summed E-state index contributed by atoms with van der Waals surface area (Å²) in [7, 11) is 2.00. The number of aryl methyl sites for hydroxylation is 3. The van der Waals surface area contributed by atoms with Gasteiger partial charge in [0, 0.05) is 6.04 Å². The summed E-state index contributed by atoms with van der Waals surface area (Å²) in [6, 6.07) is 14.2. The molecule has 1 nitrogen and oxygen atoms in total. The molecule has 1 atom stereocenters. The van der Waals surface area contributed by atoms with E-state index in [9.17, 15) is 4.39 Å². The van der Waals surface area contributed by atoms with E-state index in [2.05, 4.69) is 36.5 Å². The Balaban J connectivity index is 1.97. The largest absolute Gasteiger partial charge is 0.317 e. The third kappa shape index (κ3) is 4.68. The molecule has 0 saturated carbocycles. The molecule has 2 heteroatoms. The van der Waals surface area contributed by atoms with Crippen molar-refractivity contribution in [2.75, 3.05) is 7.05 Å². The molecule has 0 radical (unpaired) electrons. The minimum atomic E-state index is -0.156. The summed E-state index contributed by atoms with van der Waals surface area (Å²) in [5, 5.41) is 3.38. The third-order valence-electron chi connectivity index (χ3n) is 4.04. The molecule has 0 aliphatic rings. The van der Waals surface area contributed by atoms with Gasteiger partial charge in [-0.25, -0.2) is 4.39 Å². The fraction of sp³-hybridized carbons (Fsp3) is 0.368. The summed E-state index contributed by atoms with van der Waals surface area (Å²) in [6.45, 7) is 4.10. The van der Waals surface area contributed by atoms with Gasteiger partial charge in [0.15, 0.2) is 0 Å². The summed E-state index contributed by atoms with van der Waals surface area (Å²) >= 11 is 0. The maximum atomic E-state index is 13.2. The average molecular weight is 285 g/mol. The highest BCUT2D eigenvalue weighted by Crippen LogP contribution is 2.15. The van der Waals surface area contributed by atoms with Crippen molar-refractivity contribution in [3.05, 3.63) is 70.5 Å². The fourth-order valence-electron chi connectivity index (χ4n) is 2.71. The first kappa shape index (κ1) is 15.7. The van der Waals surface area contributed by atoms with Crippen LogP contribution in [0, 0.1) is 19.7 Å². The van der Waals surface area contributed by atoms with Crippen LogP contribution >= 0.6 is 0 Å².